The number of rotatable bonds is 6. The molecule has 5 nitrogen and oxygen atoms in total. The number of morpholine rings is 1. The van der Waals surface area contributed by atoms with E-state index in [0.717, 1.165) is 44.0 Å². The lowest BCUT2D eigenvalue weighted by Gasteiger charge is -2.28. The summed E-state index contributed by atoms with van der Waals surface area (Å²) in [4.78, 5) is 14.3. The number of hydrogen-bond donors (Lipinski definition) is 2. The molecule has 1 fully saturated rings. The Morgan fingerprint density at radius 1 is 1.00 bits per heavy atom. The van der Waals surface area contributed by atoms with Gasteiger partial charge in [-0.05, 0) is 42.0 Å². The smallest absolute Gasteiger partial charge is 0.287 e. The van der Waals surface area contributed by atoms with E-state index in [1.165, 1.54) is 17.0 Å². The third kappa shape index (κ3) is 4.91. The van der Waals surface area contributed by atoms with Crippen LogP contribution in [0.15, 0.2) is 71.1 Å². The van der Waals surface area contributed by atoms with Crippen LogP contribution in [0.1, 0.15) is 22.2 Å². The van der Waals surface area contributed by atoms with Crippen molar-refractivity contribution in [1.82, 2.24) is 5.32 Å². The van der Waals surface area contributed by atoms with Gasteiger partial charge >= 0.3 is 0 Å². The molecule has 2 N–H and O–H groups in total. The molecular weight excluding hydrogens is 371 g/mol. The molecule has 0 unspecified atom stereocenters. The van der Waals surface area contributed by atoms with Gasteiger partial charge in [0.25, 0.3) is 5.91 Å². The maximum absolute atomic E-state index is 13.1. The first-order valence-corrected chi connectivity index (χ1v) is 9.82. The van der Waals surface area contributed by atoms with E-state index in [1.807, 2.05) is 30.3 Å². The maximum Gasteiger partial charge on any atom is 0.287 e. The van der Waals surface area contributed by atoms with Crippen LogP contribution < -0.4 is 10.2 Å². The van der Waals surface area contributed by atoms with Gasteiger partial charge in [0.1, 0.15) is 37.3 Å². The molecule has 1 aliphatic rings. The largest absolute Gasteiger partial charge is 0.451 e. The molecule has 1 saturated heterocycles. The van der Waals surface area contributed by atoms with E-state index >= 15 is 0 Å². The van der Waals surface area contributed by atoms with Gasteiger partial charge in [-0.1, -0.05) is 30.3 Å². The first-order chi connectivity index (χ1) is 14.2. The van der Waals surface area contributed by atoms with E-state index in [1.54, 1.807) is 24.3 Å². The highest BCUT2D eigenvalue weighted by Gasteiger charge is 2.24. The summed E-state index contributed by atoms with van der Waals surface area (Å²) in [6.07, 6.45) is 0. The predicted molar refractivity (Wildman–Crippen MR) is 107 cm³/mol. The van der Waals surface area contributed by atoms with E-state index < -0.39 is 0 Å². The van der Waals surface area contributed by atoms with Crippen molar-refractivity contribution in [2.75, 3.05) is 32.8 Å². The van der Waals surface area contributed by atoms with Crippen molar-refractivity contribution in [3.63, 3.8) is 0 Å². The van der Waals surface area contributed by atoms with Gasteiger partial charge in [-0.3, -0.25) is 4.79 Å². The van der Waals surface area contributed by atoms with Crippen molar-refractivity contribution in [2.24, 2.45) is 0 Å². The molecule has 29 heavy (non-hydrogen) atoms. The van der Waals surface area contributed by atoms with E-state index in [0.29, 0.717) is 5.76 Å². The van der Waals surface area contributed by atoms with Gasteiger partial charge in [-0.25, -0.2) is 4.39 Å². The molecule has 0 bridgehead atoms. The number of halogens is 1. The van der Waals surface area contributed by atoms with Crippen LogP contribution in [0.2, 0.25) is 0 Å². The lowest BCUT2D eigenvalue weighted by molar-refractivity contribution is -0.909. The van der Waals surface area contributed by atoms with E-state index in [-0.39, 0.29) is 23.5 Å². The third-order valence-corrected chi connectivity index (χ3v) is 5.16. The molecule has 6 heteroatoms. The molecule has 2 aromatic carbocycles. The number of carbonyl (C=O) groups excluding carboxylic acids is 1. The fraction of sp³-hybridized carbons (Fsp3) is 0.261. The minimum Gasteiger partial charge on any atom is -0.451 e. The molecule has 2 heterocycles. The molecule has 3 aromatic rings. The first-order valence-electron chi connectivity index (χ1n) is 9.82. The number of quaternary nitrogens is 1. The highest BCUT2D eigenvalue weighted by molar-refractivity contribution is 5.92. The molecular formula is C23H24FN2O3+. The Labute approximate surface area is 169 Å². The summed E-state index contributed by atoms with van der Waals surface area (Å²) >= 11 is 0. The average molecular weight is 395 g/mol. The number of amides is 1. The minimum atomic E-state index is -0.311. The maximum atomic E-state index is 13.1. The number of benzene rings is 2. The van der Waals surface area contributed by atoms with Crippen LogP contribution in [-0.2, 0) is 4.74 Å². The molecule has 1 aliphatic heterocycles. The Balaban J connectivity index is 1.49. The van der Waals surface area contributed by atoms with Crippen molar-refractivity contribution in [3.05, 3.63) is 83.9 Å². The van der Waals surface area contributed by atoms with Crippen molar-refractivity contribution in [3.8, 4) is 11.3 Å². The Bertz CT molecular complexity index is 934. The quantitative estimate of drug-likeness (QED) is 0.674. The zero-order chi connectivity index (χ0) is 20.1. The molecule has 4 rings (SSSR count). The summed E-state index contributed by atoms with van der Waals surface area (Å²) in [5.74, 6) is 0.196. The summed E-state index contributed by atoms with van der Waals surface area (Å²) in [7, 11) is 0. The van der Waals surface area contributed by atoms with Crippen molar-refractivity contribution >= 4 is 5.91 Å². The van der Waals surface area contributed by atoms with Gasteiger partial charge in [0.05, 0.1) is 13.2 Å². The monoisotopic (exact) mass is 395 g/mol. The van der Waals surface area contributed by atoms with Crippen LogP contribution in [0, 0.1) is 5.82 Å². The van der Waals surface area contributed by atoms with Gasteiger partial charge in [0, 0.05) is 5.56 Å². The molecule has 0 aliphatic carbocycles. The molecule has 0 spiro atoms. The standard InChI is InChI=1S/C23H23FN2O3/c24-19-8-6-18(7-9-19)21-10-11-22(29-21)23(27)25-20(17-4-2-1-3-5-17)16-26-12-14-28-15-13-26/h1-11,20H,12-16H2,(H,25,27)/p+1/t20-/m0/s1. The van der Waals surface area contributed by atoms with Gasteiger partial charge in [0.15, 0.2) is 5.76 Å². The van der Waals surface area contributed by atoms with E-state index in [9.17, 15) is 9.18 Å². The van der Waals surface area contributed by atoms with Gasteiger partial charge in [-0.2, -0.15) is 0 Å². The summed E-state index contributed by atoms with van der Waals surface area (Å²) in [5.41, 5.74) is 1.79. The van der Waals surface area contributed by atoms with Crippen LogP contribution in [-0.4, -0.2) is 38.8 Å². The summed E-state index contributed by atoms with van der Waals surface area (Å²) in [5, 5.41) is 3.12. The second-order valence-corrected chi connectivity index (χ2v) is 7.17. The number of nitrogens with one attached hydrogen (secondary N) is 2. The summed E-state index contributed by atoms with van der Waals surface area (Å²) in [6.45, 7) is 4.11. The second-order valence-electron chi connectivity index (χ2n) is 7.17. The highest BCUT2D eigenvalue weighted by Crippen LogP contribution is 2.23. The normalized spacial score (nSPS) is 15.8. The third-order valence-electron chi connectivity index (χ3n) is 5.16. The van der Waals surface area contributed by atoms with Crippen molar-refractivity contribution < 1.29 is 23.2 Å². The fourth-order valence-corrected chi connectivity index (χ4v) is 3.55. The van der Waals surface area contributed by atoms with Crippen LogP contribution in [0.3, 0.4) is 0 Å². The Hall–Kier alpha value is -2.96. The van der Waals surface area contributed by atoms with Crippen LogP contribution >= 0.6 is 0 Å². The van der Waals surface area contributed by atoms with Gasteiger partial charge in [0.2, 0.25) is 0 Å². The highest BCUT2D eigenvalue weighted by atomic mass is 19.1. The number of furan rings is 1. The fourth-order valence-electron chi connectivity index (χ4n) is 3.55. The van der Waals surface area contributed by atoms with Gasteiger partial charge in [-0.15, -0.1) is 0 Å². The molecule has 1 atom stereocenters. The average Bonchev–Trinajstić information content (AvgIpc) is 3.26. The van der Waals surface area contributed by atoms with Crippen LogP contribution in [0.5, 0.6) is 0 Å². The SMILES string of the molecule is O=C(N[C@@H](C[NH+]1CCOCC1)c1ccccc1)c1ccc(-c2ccc(F)cc2)o1. The Morgan fingerprint density at radius 3 is 2.45 bits per heavy atom. The number of hydrogen-bond acceptors (Lipinski definition) is 3. The molecule has 0 radical (unpaired) electrons. The van der Waals surface area contributed by atoms with Gasteiger partial charge < -0.3 is 19.4 Å². The summed E-state index contributed by atoms with van der Waals surface area (Å²) < 4.78 is 24.3. The topological polar surface area (TPSA) is 55.9 Å². The van der Waals surface area contributed by atoms with Crippen LogP contribution in [0.4, 0.5) is 4.39 Å². The lowest BCUT2D eigenvalue weighted by atomic mass is 10.1. The first kappa shape index (κ1) is 19.4. The minimum absolute atomic E-state index is 0.129. The Morgan fingerprint density at radius 2 is 1.72 bits per heavy atom. The molecule has 1 amide bonds. The second kappa shape index (κ2) is 9.03. The molecule has 1 aromatic heterocycles. The molecule has 150 valence electrons. The summed E-state index contributed by atoms with van der Waals surface area (Å²) in [6, 6.07) is 19.2. The lowest BCUT2D eigenvalue weighted by Crippen LogP contribution is -3.14. The van der Waals surface area contributed by atoms with Crippen LogP contribution in [0.25, 0.3) is 11.3 Å². The van der Waals surface area contributed by atoms with E-state index in [2.05, 4.69) is 5.32 Å². The zero-order valence-electron chi connectivity index (χ0n) is 16.1. The number of carbonyl (C=O) groups is 1. The van der Waals surface area contributed by atoms with Crippen molar-refractivity contribution in [2.45, 2.75) is 6.04 Å². The van der Waals surface area contributed by atoms with E-state index in [4.69, 9.17) is 9.15 Å². The number of ether oxygens (including phenoxy) is 1. The van der Waals surface area contributed by atoms with Crippen molar-refractivity contribution in [1.29, 1.82) is 0 Å². The Kier molecular flexibility index (Phi) is 6.03. The zero-order valence-corrected chi connectivity index (χ0v) is 16.1. The predicted octanol–water partition coefficient (Wildman–Crippen LogP) is 2.47. The molecule has 0 saturated carbocycles.